The van der Waals surface area contributed by atoms with Gasteiger partial charge in [0.15, 0.2) is 11.5 Å². The molecule has 43 heavy (non-hydrogen) atoms. The van der Waals surface area contributed by atoms with Crippen molar-refractivity contribution >= 4 is 11.8 Å². The third kappa shape index (κ3) is 8.51. The van der Waals surface area contributed by atoms with Crippen molar-refractivity contribution in [2.75, 3.05) is 27.3 Å². The first-order chi connectivity index (χ1) is 20.8. The summed E-state index contributed by atoms with van der Waals surface area (Å²) in [4.78, 5) is 30.9. The molecule has 8 heteroatoms. The van der Waals surface area contributed by atoms with Crippen molar-refractivity contribution < 1.29 is 24.2 Å². The van der Waals surface area contributed by atoms with Crippen molar-refractivity contribution in [1.82, 2.24) is 15.1 Å². The number of carbonyl (C=O) groups is 2. The molecule has 3 aromatic rings. The lowest BCUT2D eigenvalue weighted by Gasteiger charge is -2.40. The summed E-state index contributed by atoms with van der Waals surface area (Å²) in [5.41, 5.74) is 3.64. The Morgan fingerprint density at radius 2 is 1.53 bits per heavy atom. The molecule has 0 bridgehead atoms. The summed E-state index contributed by atoms with van der Waals surface area (Å²) < 4.78 is 10.4. The van der Waals surface area contributed by atoms with Crippen LogP contribution in [0, 0.1) is 5.92 Å². The highest BCUT2D eigenvalue weighted by molar-refractivity contribution is 5.94. The molecule has 1 fully saturated rings. The van der Waals surface area contributed by atoms with Crippen LogP contribution < -0.4 is 14.8 Å². The fourth-order valence-electron chi connectivity index (χ4n) is 5.73. The number of carbonyl (C=O) groups excluding carboxylic acids is 2. The van der Waals surface area contributed by atoms with E-state index in [1.54, 1.807) is 26.4 Å². The second-order valence-electron chi connectivity index (χ2n) is 11.2. The van der Waals surface area contributed by atoms with E-state index >= 15 is 0 Å². The molecule has 0 atom stereocenters. The van der Waals surface area contributed by atoms with Gasteiger partial charge in [0.1, 0.15) is 5.75 Å². The van der Waals surface area contributed by atoms with E-state index in [9.17, 15) is 14.7 Å². The highest BCUT2D eigenvalue weighted by atomic mass is 16.5. The van der Waals surface area contributed by atoms with Crippen molar-refractivity contribution in [2.45, 2.75) is 65.2 Å². The lowest BCUT2D eigenvalue weighted by atomic mass is 9.96. The van der Waals surface area contributed by atoms with Gasteiger partial charge < -0.3 is 24.8 Å². The normalized spacial score (nSPS) is 14.0. The zero-order chi connectivity index (χ0) is 30.8. The number of nitrogens with zero attached hydrogens (tertiary/aromatic N) is 2. The summed E-state index contributed by atoms with van der Waals surface area (Å²) in [6, 6.07) is 20.9. The van der Waals surface area contributed by atoms with E-state index in [-0.39, 0.29) is 29.5 Å². The van der Waals surface area contributed by atoms with Crippen LogP contribution in [0.15, 0.2) is 66.7 Å². The fraction of sp³-hybridized carbons (Fsp3) is 0.429. The lowest BCUT2D eigenvalue weighted by molar-refractivity contribution is -0.140. The molecule has 2 amide bonds. The molecule has 3 aromatic carbocycles. The lowest BCUT2D eigenvalue weighted by Crippen LogP contribution is -2.48. The number of rotatable bonds is 13. The van der Waals surface area contributed by atoms with Crippen LogP contribution in [0.5, 0.6) is 17.2 Å². The van der Waals surface area contributed by atoms with Gasteiger partial charge in [0.2, 0.25) is 5.91 Å². The Morgan fingerprint density at radius 1 is 0.907 bits per heavy atom. The van der Waals surface area contributed by atoms with Crippen LogP contribution >= 0.6 is 0 Å². The topological polar surface area (TPSA) is 91.3 Å². The average Bonchev–Trinajstić information content (AvgIpc) is 3.04. The second kappa shape index (κ2) is 15.4. The number of aromatic hydroxyl groups is 1. The SMILES string of the molecule is CCC(CC)C(=O)N(Cc1ccc(C(=O)NCc2ccc(OC)cc2)cc1)C1CCN(Cc2ccc(OC)c(O)c2)CC1. The molecule has 0 unspecified atom stereocenters. The van der Waals surface area contributed by atoms with Gasteiger partial charge in [0, 0.05) is 50.2 Å². The Labute approximate surface area is 255 Å². The van der Waals surface area contributed by atoms with Crippen molar-refractivity contribution in [2.24, 2.45) is 5.92 Å². The summed E-state index contributed by atoms with van der Waals surface area (Å²) in [5, 5.41) is 13.1. The smallest absolute Gasteiger partial charge is 0.251 e. The Hall–Kier alpha value is -4.04. The monoisotopic (exact) mass is 587 g/mol. The van der Waals surface area contributed by atoms with Crippen LogP contribution in [0.1, 0.15) is 66.6 Å². The molecule has 1 saturated heterocycles. The van der Waals surface area contributed by atoms with Gasteiger partial charge in [0.25, 0.3) is 5.91 Å². The van der Waals surface area contributed by atoms with Gasteiger partial charge in [-0.1, -0.05) is 44.2 Å². The van der Waals surface area contributed by atoms with E-state index in [1.807, 2.05) is 54.6 Å². The summed E-state index contributed by atoms with van der Waals surface area (Å²) in [6.07, 6.45) is 3.41. The predicted molar refractivity (Wildman–Crippen MR) is 168 cm³/mol. The number of benzene rings is 3. The summed E-state index contributed by atoms with van der Waals surface area (Å²) >= 11 is 0. The Bertz CT molecular complexity index is 1330. The Kier molecular flexibility index (Phi) is 11.4. The number of methoxy groups -OCH3 is 2. The third-order valence-electron chi connectivity index (χ3n) is 8.45. The number of phenolic OH excluding ortho intramolecular Hbond substituents is 1. The summed E-state index contributed by atoms with van der Waals surface area (Å²) in [7, 11) is 3.17. The number of phenols is 1. The first-order valence-electron chi connectivity index (χ1n) is 15.2. The molecule has 0 spiro atoms. The third-order valence-corrected chi connectivity index (χ3v) is 8.45. The molecule has 0 radical (unpaired) electrons. The number of hydrogen-bond acceptors (Lipinski definition) is 6. The van der Waals surface area contributed by atoms with Crippen molar-refractivity contribution in [3.8, 4) is 17.2 Å². The first-order valence-corrected chi connectivity index (χ1v) is 15.2. The zero-order valence-electron chi connectivity index (χ0n) is 25.8. The summed E-state index contributed by atoms with van der Waals surface area (Å²) in [6.45, 7) is 7.61. The van der Waals surface area contributed by atoms with Gasteiger partial charge in [-0.3, -0.25) is 14.5 Å². The number of nitrogens with one attached hydrogen (secondary N) is 1. The van der Waals surface area contributed by atoms with Gasteiger partial charge in [-0.25, -0.2) is 0 Å². The maximum absolute atomic E-state index is 13.7. The van der Waals surface area contributed by atoms with Gasteiger partial charge in [-0.05, 0) is 78.8 Å². The molecule has 1 heterocycles. The molecule has 230 valence electrons. The van der Waals surface area contributed by atoms with E-state index in [1.165, 1.54) is 0 Å². The van der Waals surface area contributed by atoms with E-state index < -0.39 is 0 Å². The first kappa shape index (κ1) is 31.9. The number of ether oxygens (including phenoxy) is 2. The molecule has 1 aliphatic heterocycles. The molecule has 1 aliphatic rings. The highest BCUT2D eigenvalue weighted by Gasteiger charge is 2.31. The van der Waals surface area contributed by atoms with Crippen molar-refractivity contribution in [3.05, 3.63) is 89.0 Å². The van der Waals surface area contributed by atoms with Crippen LogP contribution in [-0.2, 0) is 24.4 Å². The molecule has 4 rings (SSSR count). The van der Waals surface area contributed by atoms with Crippen LogP contribution in [0.4, 0.5) is 0 Å². The maximum Gasteiger partial charge on any atom is 0.251 e. The zero-order valence-corrected chi connectivity index (χ0v) is 25.8. The molecule has 8 nitrogen and oxygen atoms in total. The van der Waals surface area contributed by atoms with Gasteiger partial charge in [0.05, 0.1) is 14.2 Å². The van der Waals surface area contributed by atoms with E-state index in [0.717, 1.165) is 67.8 Å². The number of amides is 2. The van der Waals surface area contributed by atoms with Crippen molar-refractivity contribution in [1.29, 1.82) is 0 Å². The van der Waals surface area contributed by atoms with Crippen LogP contribution in [0.3, 0.4) is 0 Å². The minimum absolute atomic E-state index is 0.00306. The van der Waals surface area contributed by atoms with Gasteiger partial charge in [-0.15, -0.1) is 0 Å². The van der Waals surface area contributed by atoms with Crippen molar-refractivity contribution in [3.63, 3.8) is 0 Å². The molecule has 2 N–H and O–H groups in total. The van der Waals surface area contributed by atoms with Crippen LogP contribution in [-0.4, -0.2) is 60.1 Å². The Morgan fingerprint density at radius 3 is 2.12 bits per heavy atom. The highest BCUT2D eigenvalue weighted by Crippen LogP contribution is 2.28. The van der Waals surface area contributed by atoms with Gasteiger partial charge >= 0.3 is 0 Å². The largest absolute Gasteiger partial charge is 0.504 e. The average molecular weight is 588 g/mol. The fourth-order valence-corrected chi connectivity index (χ4v) is 5.73. The minimum Gasteiger partial charge on any atom is -0.504 e. The standard InChI is InChI=1S/C35H45N3O5/c1-5-28(6-2)35(41)38(30-17-19-37(20-18-30)23-27-11-16-33(43-4)32(39)21-27)24-26-7-12-29(13-8-26)34(40)36-22-25-9-14-31(42-3)15-10-25/h7-16,21,28,30,39H,5-6,17-20,22-24H2,1-4H3,(H,36,40). The van der Waals surface area contributed by atoms with Crippen LogP contribution in [0.25, 0.3) is 0 Å². The summed E-state index contributed by atoms with van der Waals surface area (Å²) in [5.74, 6) is 1.48. The number of hydrogen-bond donors (Lipinski definition) is 2. The Balaban J connectivity index is 1.37. The van der Waals surface area contributed by atoms with Crippen LogP contribution in [0.2, 0.25) is 0 Å². The molecule has 0 saturated carbocycles. The predicted octanol–water partition coefficient (Wildman–Crippen LogP) is 5.77. The molecule has 0 aromatic heterocycles. The molecular weight excluding hydrogens is 542 g/mol. The van der Waals surface area contributed by atoms with E-state index in [2.05, 4.69) is 29.0 Å². The maximum atomic E-state index is 13.7. The second-order valence-corrected chi connectivity index (χ2v) is 11.2. The number of likely N-dealkylation sites (tertiary alicyclic amines) is 1. The van der Waals surface area contributed by atoms with E-state index in [4.69, 9.17) is 9.47 Å². The quantitative estimate of drug-likeness (QED) is 0.264. The minimum atomic E-state index is -0.134. The van der Waals surface area contributed by atoms with E-state index in [0.29, 0.717) is 24.4 Å². The number of piperidine rings is 1. The molecular formula is C35H45N3O5. The van der Waals surface area contributed by atoms with Gasteiger partial charge in [-0.2, -0.15) is 0 Å². The molecule has 0 aliphatic carbocycles.